The zero-order valence-corrected chi connectivity index (χ0v) is 10.7. The van der Waals surface area contributed by atoms with E-state index < -0.39 is 0 Å². The summed E-state index contributed by atoms with van der Waals surface area (Å²) in [6, 6.07) is 0. The van der Waals surface area contributed by atoms with E-state index >= 15 is 0 Å². The monoisotopic (exact) mass is 202 g/mol. The smallest absolute Gasteiger partial charge is 0.00676 e. The van der Waals surface area contributed by atoms with Crippen molar-refractivity contribution in [3.8, 4) is 0 Å². The van der Waals surface area contributed by atoms with Crippen molar-refractivity contribution in [3.63, 3.8) is 0 Å². The Kier molecular flexibility index (Phi) is 7.93. The van der Waals surface area contributed by atoms with Crippen LogP contribution in [0, 0.1) is 5.41 Å². The van der Waals surface area contributed by atoms with Crippen LogP contribution in [0.25, 0.3) is 0 Å². The molecule has 0 heterocycles. The largest absolute Gasteiger partial charge is 0.162 e. The van der Waals surface area contributed by atoms with Crippen LogP contribution in [0.3, 0.4) is 0 Å². The van der Waals surface area contributed by atoms with Crippen molar-refractivity contribution in [1.29, 1.82) is 0 Å². The lowest BCUT2D eigenvalue weighted by atomic mass is 9.89. The summed E-state index contributed by atoms with van der Waals surface area (Å²) in [7, 11) is 0. The minimum absolute atomic E-state index is 0.540. The lowest BCUT2D eigenvalue weighted by Crippen LogP contribution is -2.03. The number of thioether (sulfide) groups is 1. The van der Waals surface area contributed by atoms with Gasteiger partial charge >= 0.3 is 0 Å². The van der Waals surface area contributed by atoms with Crippen molar-refractivity contribution >= 4 is 11.8 Å². The molecule has 0 unspecified atom stereocenters. The molecule has 0 aromatic heterocycles. The molecule has 1 heteroatoms. The Morgan fingerprint density at radius 3 is 2.08 bits per heavy atom. The molecule has 0 saturated heterocycles. The number of rotatable bonds is 7. The van der Waals surface area contributed by atoms with Gasteiger partial charge in [-0.25, -0.2) is 0 Å². The molecule has 0 atom stereocenters. The summed E-state index contributed by atoms with van der Waals surface area (Å²) >= 11 is 2.07. The fourth-order valence-corrected chi connectivity index (χ4v) is 2.05. The van der Waals surface area contributed by atoms with Gasteiger partial charge in [-0.2, -0.15) is 11.8 Å². The summed E-state index contributed by atoms with van der Waals surface area (Å²) in [4.78, 5) is 0. The van der Waals surface area contributed by atoms with E-state index in [-0.39, 0.29) is 0 Å². The molecular weight excluding hydrogens is 176 g/mol. The molecular formula is C12H26S. The molecule has 80 valence electrons. The fraction of sp³-hybridized carbons (Fsp3) is 1.00. The number of hydrogen-bond acceptors (Lipinski definition) is 1. The lowest BCUT2D eigenvalue weighted by Gasteiger charge is -2.17. The van der Waals surface area contributed by atoms with E-state index in [9.17, 15) is 0 Å². The van der Waals surface area contributed by atoms with Crippen molar-refractivity contribution in [2.75, 3.05) is 11.5 Å². The zero-order valence-electron chi connectivity index (χ0n) is 9.86. The molecule has 0 amide bonds. The average Bonchev–Trinajstić information content (AvgIpc) is 2.01. The van der Waals surface area contributed by atoms with Gasteiger partial charge in [0.15, 0.2) is 0 Å². The molecule has 0 aliphatic heterocycles. The Balaban J connectivity index is 3.00. The first-order chi connectivity index (χ1) is 6.06. The Hall–Kier alpha value is 0.350. The highest BCUT2D eigenvalue weighted by Gasteiger charge is 2.08. The van der Waals surface area contributed by atoms with Crippen LogP contribution < -0.4 is 0 Å². The van der Waals surface area contributed by atoms with Crippen molar-refractivity contribution in [2.45, 2.75) is 59.8 Å². The minimum Gasteiger partial charge on any atom is -0.162 e. The highest BCUT2D eigenvalue weighted by molar-refractivity contribution is 7.99. The van der Waals surface area contributed by atoms with Gasteiger partial charge in [-0.3, -0.25) is 0 Å². The first-order valence-electron chi connectivity index (χ1n) is 5.64. The van der Waals surface area contributed by atoms with Crippen LogP contribution in [0.2, 0.25) is 0 Å². The van der Waals surface area contributed by atoms with E-state index in [4.69, 9.17) is 0 Å². The topological polar surface area (TPSA) is 0 Å². The predicted molar refractivity (Wildman–Crippen MR) is 65.5 cm³/mol. The number of hydrogen-bond donors (Lipinski definition) is 0. The summed E-state index contributed by atoms with van der Waals surface area (Å²) in [5.74, 6) is 2.65. The van der Waals surface area contributed by atoms with Crippen LogP contribution in [0.1, 0.15) is 59.8 Å². The third-order valence-electron chi connectivity index (χ3n) is 2.17. The van der Waals surface area contributed by atoms with Gasteiger partial charge in [-0.1, -0.05) is 47.0 Å². The van der Waals surface area contributed by atoms with E-state index in [0.717, 1.165) is 0 Å². The Morgan fingerprint density at radius 1 is 0.923 bits per heavy atom. The van der Waals surface area contributed by atoms with Crippen LogP contribution in [-0.4, -0.2) is 11.5 Å². The Labute approximate surface area is 88.9 Å². The van der Waals surface area contributed by atoms with Crippen LogP contribution in [0.4, 0.5) is 0 Å². The SMILES string of the molecule is CCSCCCCCCC(C)(C)C. The molecule has 0 radical (unpaired) electrons. The highest BCUT2D eigenvalue weighted by Crippen LogP contribution is 2.22. The standard InChI is InChI=1S/C12H26S/c1-5-13-11-9-7-6-8-10-12(2,3)4/h5-11H2,1-4H3. The minimum atomic E-state index is 0.540. The molecule has 0 bridgehead atoms. The van der Waals surface area contributed by atoms with Gasteiger partial charge in [0.1, 0.15) is 0 Å². The van der Waals surface area contributed by atoms with Crippen LogP contribution in [0.5, 0.6) is 0 Å². The summed E-state index contributed by atoms with van der Waals surface area (Å²) in [5, 5.41) is 0. The van der Waals surface area contributed by atoms with Gasteiger partial charge in [0.2, 0.25) is 0 Å². The van der Waals surface area contributed by atoms with Crippen molar-refractivity contribution in [1.82, 2.24) is 0 Å². The maximum Gasteiger partial charge on any atom is -0.00676 e. The summed E-state index contributed by atoms with van der Waals surface area (Å²) < 4.78 is 0. The summed E-state index contributed by atoms with van der Waals surface area (Å²) in [6.07, 6.45) is 7.08. The molecule has 0 aromatic rings. The van der Waals surface area contributed by atoms with Gasteiger partial charge in [-0.05, 0) is 29.8 Å². The van der Waals surface area contributed by atoms with Gasteiger partial charge < -0.3 is 0 Å². The molecule has 0 fully saturated rings. The van der Waals surface area contributed by atoms with Gasteiger partial charge in [0.25, 0.3) is 0 Å². The second-order valence-corrected chi connectivity index (χ2v) is 6.32. The molecule has 13 heavy (non-hydrogen) atoms. The van der Waals surface area contributed by atoms with Crippen LogP contribution in [0.15, 0.2) is 0 Å². The number of unbranched alkanes of at least 4 members (excludes halogenated alkanes) is 3. The Bertz CT molecular complexity index is 102. The average molecular weight is 202 g/mol. The second kappa shape index (κ2) is 7.73. The van der Waals surface area contributed by atoms with Crippen molar-refractivity contribution in [3.05, 3.63) is 0 Å². The quantitative estimate of drug-likeness (QED) is 0.538. The van der Waals surface area contributed by atoms with E-state index in [1.165, 1.54) is 43.6 Å². The summed E-state index contributed by atoms with van der Waals surface area (Å²) in [5.41, 5.74) is 0.540. The van der Waals surface area contributed by atoms with E-state index in [1.54, 1.807) is 0 Å². The van der Waals surface area contributed by atoms with Gasteiger partial charge in [0, 0.05) is 0 Å². The van der Waals surface area contributed by atoms with Crippen LogP contribution >= 0.6 is 11.8 Å². The first kappa shape index (κ1) is 13.4. The fourth-order valence-electron chi connectivity index (χ4n) is 1.36. The molecule has 0 saturated carbocycles. The third kappa shape index (κ3) is 12.4. The van der Waals surface area contributed by atoms with E-state index in [1.807, 2.05) is 0 Å². The second-order valence-electron chi connectivity index (χ2n) is 4.92. The molecule has 0 rings (SSSR count). The normalized spacial score (nSPS) is 12.0. The van der Waals surface area contributed by atoms with Crippen LogP contribution in [-0.2, 0) is 0 Å². The molecule has 0 spiro atoms. The molecule has 0 N–H and O–H groups in total. The predicted octanol–water partition coefficient (Wildman–Crippen LogP) is 4.74. The lowest BCUT2D eigenvalue weighted by molar-refractivity contribution is 0.358. The highest BCUT2D eigenvalue weighted by atomic mass is 32.2. The first-order valence-corrected chi connectivity index (χ1v) is 6.79. The van der Waals surface area contributed by atoms with Crippen molar-refractivity contribution in [2.24, 2.45) is 5.41 Å². The van der Waals surface area contributed by atoms with E-state index in [0.29, 0.717) is 5.41 Å². The molecule has 0 aromatic carbocycles. The van der Waals surface area contributed by atoms with Crippen molar-refractivity contribution < 1.29 is 0 Å². The van der Waals surface area contributed by atoms with E-state index in [2.05, 4.69) is 39.5 Å². The Morgan fingerprint density at radius 2 is 1.54 bits per heavy atom. The van der Waals surface area contributed by atoms with Gasteiger partial charge in [-0.15, -0.1) is 0 Å². The van der Waals surface area contributed by atoms with Gasteiger partial charge in [0.05, 0.1) is 0 Å². The maximum atomic E-state index is 2.33. The summed E-state index contributed by atoms with van der Waals surface area (Å²) in [6.45, 7) is 9.24. The molecule has 0 nitrogen and oxygen atoms in total. The maximum absolute atomic E-state index is 2.33. The zero-order chi connectivity index (χ0) is 10.2. The molecule has 0 aliphatic carbocycles. The third-order valence-corrected chi connectivity index (χ3v) is 3.16. The molecule has 0 aliphatic rings.